The number of nitrogens with zero attached hydrogens (tertiary/aromatic N) is 2. The summed E-state index contributed by atoms with van der Waals surface area (Å²) in [6.45, 7) is 3.83. The molecule has 1 atom stereocenters. The Morgan fingerprint density at radius 1 is 1.22 bits per heavy atom. The number of rotatable bonds is 4. The Morgan fingerprint density at radius 3 is 2.48 bits per heavy atom. The van der Waals surface area contributed by atoms with Crippen LogP contribution >= 0.6 is 23.2 Å². The minimum absolute atomic E-state index is 0.367. The molecule has 0 aliphatic heterocycles. The number of benzene rings is 2. The number of imidazole rings is 1. The first-order valence-electron chi connectivity index (χ1n) is 7.59. The molecule has 0 radical (unpaired) electrons. The monoisotopic (exact) mass is 348 g/mol. The van der Waals surface area contributed by atoms with Gasteiger partial charge in [0.25, 0.3) is 0 Å². The van der Waals surface area contributed by atoms with Gasteiger partial charge in [0, 0.05) is 23.0 Å². The summed E-state index contributed by atoms with van der Waals surface area (Å²) in [6, 6.07) is 11.7. The number of fused-ring (bicyclic) bond motifs is 1. The highest BCUT2D eigenvalue weighted by Gasteiger charge is 2.14. The van der Waals surface area contributed by atoms with Crippen LogP contribution in [-0.2, 0) is 12.3 Å². The van der Waals surface area contributed by atoms with Crippen molar-refractivity contribution in [2.45, 2.75) is 32.3 Å². The second kappa shape index (κ2) is 6.52. The summed E-state index contributed by atoms with van der Waals surface area (Å²) in [5, 5.41) is 10.3. The topological polar surface area (TPSA) is 38.0 Å². The van der Waals surface area contributed by atoms with Crippen molar-refractivity contribution in [1.29, 1.82) is 0 Å². The Labute approximate surface area is 145 Å². The molecule has 0 aliphatic carbocycles. The van der Waals surface area contributed by atoms with Gasteiger partial charge in [-0.1, -0.05) is 30.7 Å². The zero-order valence-electron chi connectivity index (χ0n) is 13.1. The predicted molar refractivity (Wildman–Crippen MR) is 95.6 cm³/mol. The number of hydrogen-bond acceptors (Lipinski definition) is 2. The molecule has 0 saturated heterocycles. The zero-order chi connectivity index (χ0) is 16.6. The van der Waals surface area contributed by atoms with Crippen LogP contribution < -0.4 is 0 Å². The summed E-state index contributed by atoms with van der Waals surface area (Å²) in [6.07, 6.45) is 0.329. The molecule has 5 heteroatoms. The molecule has 2 aromatic carbocycles. The fourth-order valence-corrected chi connectivity index (χ4v) is 3.24. The van der Waals surface area contributed by atoms with Crippen LogP contribution in [0.2, 0.25) is 5.02 Å². The normalized spacial score (nSPS) is 12.7. The van der Waals surface area contributed by atoms with Crippen molar-refractivity contribution in [3.8, 4) is 5.69 Å². The largest absolute Gasteiger partial charge is 0.389 e. The van der Waals surface area contributed by atoms with E-state index in [2.05, 4.69) is 11.5 Å². The van der Waals surface area contributed by atoms with Gasteiger partial charge in [-0.05, 0) is 42.3 Å². The Balaban J connectivity index is 2.20. The fraction of sp³-hybridized carbons (Fsp3) is 0.278. The van der Waals surface area contributed by atoms with Crippen LogP contribution in [0.15, 0.2) is 36.4 Å². The SMILES string of the molecule is CCc1nc2cc(CCl)c(Cl)cc2n1-c1ccc(C(C)O)cc1. The maximum atomic E-state index is 9.66. The number of aryl methyl sites for hydroxylation is 1. The lowest BCUT2D eigenvalue weighted by Crippen LogP contribution is -2.01. The standard InChI is InChI=1S/C18H18Cl2N2O/c1-3-18-21-16-8-13(10-19)15(20)9-17(16)22(18)14-6-4-12(5-7-14)11(2)23/h4-9,11,23H,3,10H2,1-2H3. The van der Waals surface area contributed by atoms with Gasteiger partial charge in [0.2, 0.25) is 0 Å². The summed E-state index contributed by atoms with van der Waals surface area (Å²) in [7, 11) is 0. The van der Waals surface area contributed by atoms with Crippen LogP contribution in [0.5, 0.6) is 0 Å². The maximum absolute atomic E-state index is 9.66. The third-order valence-electron chi connectivity index (χ3n) is 3.99. The highest BCUT2D eigenvalue weighted by atomic mass is 35.5. The van der Waals surface area contributed by atoms with Crippen molar-refractivity contribution in [3.05, 3.63) is 58.4 Å². The van der Waals surface area contributed by atoms with E-state index >= 15 is 0 Å². The average molecular weight is 349 g/mol. The number of aliphatic hydroxyl groups excluding tert-OH is 1. The van der Waals surface area contributed by atoms with Gasteiger partial charge in [-0.3, -0.25) is 4.57 Å². The number of aliphatic hydroxyl groups is 1. The summed E-state index contributed by atoms with van der Waals surface area (Å²) in [4.78, 5) is 4.71. The van der Waals surface area contributed by atoms with E-state index in [0.717, 1.165) is 40.1 Å². The Kier molecular flexibility index (Phi) is 4.62. The molecule has 1 heterocycles. The molecule has 23 heavy (non-hydrogen) atoms. The van der Waals surface area contributed by atoms with E-state index in [1.807, 2.05) is 36.4 Å². The molecule has 3 nitrogen and oxygen atoms in total. The first-order chi connectivity index (χ1) is 11.0. The summed E-state index contributed by atoms with van der Waals surface area (Å²) in [5.74, 6) is 1.33. The van der Waals surface area contributed by atoms with Crippen molar-refractivity contribution in [2.75, 3.05) is 0 Å². The van der Waals surface area contributed by atoms with Gasteiger partial charge in [0.1, 0.15) is 5.82 Å². The maximum Gasteiger partial charge on any atom is 0.114 e. The van der Waals surface area contributed by atoms with Crippen molar-refractivity contribution in [3.63, 3.8) is 0 Å². The zero-order valence-corrected chi connectivity index (χ0v) is 14.6. The Hall–Kier alpha value is -1.55. The smallest absolute Gasteiger partial charge is 0.114 e. The molecule has 0 fully saturated rings. The van der Waals surface area contributed by atoms with Crippen molar-refractivity contribution in [1.82, 2.24) is 9.55 Å². The van der Waals surface area contributed by atoms with E-state index in [-0.39, 0.29) is 0 Å². The van der Waals surface area contributed by atoms with E-state index in [0.29, 0.717) is 10.9 Å². The minimum Gasteiger partial charge on any atom is -0.389 e. The van der Waals surface area contributed by atoms with E-state index in [1.165, 1.54) is 0 Å². The van der Waals surface area contributed by atoms with Gasteiger partial charge >= 0.3 is 0 Å². The van der Waals surface area contributed by atoms with E-state index in [9.17, 15) is 5.11 Å². The van der Waals surface area contributed by atoms with E-state index in [1.54, 1.807) is 6.92 Å². The summed E-state index contributed by atoms with van der Waals surface area (Å²) >= 11 is 12.3. The lowest BCUT2D eigenvalue weighted by atomic mass is 10.1. The highest BCUT2D eigenvalue weighted by molar-refractivity contribution is 6.33. The van der Waals surface area contributed by atoms with Crippen LogP contribution in [0.25, 0.3) is 16.7 Å². The fourth-order valence-electron chi connectivity index (χ4n) is 2.72. The predicted octanol–water partition coefficient (Wildman–Crippen LogP) is 5.03. The van der Waals surface area contributed by atoms with Crippen LogP contribution in [0.3, 0.4) is 0 Å². The second-order valence-electron chi connectivity index (χ2n) is 5.55. The molecule has 0 aliphatic rings. The molecule has 0 bridgehead atoms. The third kappa shape index (κ3) is 2.97. The number of alkyl halides is 1. The molecule has 3 rings (SSSR count). The molecular weight excluding hydrogens is 331 g/mol. The quantitative estimate of drug-likeness (QED) is 0.671. The highest BCUT2D eigenvalue weighted by Crippen LogP contribution is 2.29. The summed E-state index contributed by atoms with van der Waals surface area (Å²) in [5.41, 5.74) is 4.63. The van der Waals surface area contributed by atoms with Crippen LogP contribution in [0, 0.1) is 0 Å². The van der Waals surface area contributed by atoms with Crippen molar-refractivity contribution >= 4 is 34.2 Å². The van der Waals surface area contributed by atoms with E-state index < -0.39 is 6.10 Å². The van der Waals surface area contributed by atoms with Crippen LogP contribution in [-0.4, -0.2) is 14.7 Å². The van der Waals surface area contributed by atoms with Crippen LogP contribution in [0.4, 0.5) is 0 Å². The molecule has 0 spiro atoms. The van der Waals surface area contributed by atoms with Gasteiger partial charge in [0.15, 0.2) is 0 Å². The first-order valence-corrected chi connectivity index (χ1v) is 8.50. The number of aromatic nitrogens is 2. The van der Waals surface area contributed by atoms with Gasteiger partial charge < -0.3 is 5.11 Å². The van der Waals surface area contributed by atoms with Gasteiger partial charge in [0.05, 0.1) is 17.1 Å². The first kappa shape index (κ1) is 16.3. The lowest BCUT2D eigenvalue weighted by molar-refractivity contribution is 0.199. The molecule has 1 aromatic heterocycles. The lowest BCUT2D eigenvalue weighted by Gasteiger charge is -2.11. The van der Waals surface area contributed by atoms with E-state index in [4.69, 9.17) is 28.2 Å². The second-order valence-corrected chi connectivity index (χ2v) is 6.22. The molecule has 1 N–H and O–H groups in total. The molecular formula is C18H18Cl2N2O. The third-order valence-corrected chi connectivity index (χ3v) is 4.63. The molecule has 1 unspecified atom stereocenters. The Morgan fingerprint density at radius 2 is 1.91 bits per heavy atom. The summed E-state index contributed by atoms with van der Waals surface area (Å²) < 4.78 is 2.10. The van der Waals surface area contributed by atoms with Crippen molar-refractivity contribution in [2.24, 2.45) is 0 Å². The minimum atomic E-state index is -0.477. The molecule has 0 amide bonds. The van der Waals surface area contributed by atoms with Crippen molar-refractivity contribution < 1.29 is 5.11 Å². The molecule has 120 valence electrons. The van der Waals surface area contributed by atoms with Gasteiger partial charge in [-0.25, -0.2) is 4.98 Å². The Bertz CT molecular complexity index is 838. The van der Waals surface area contributed by atoms with Crippen LogP contribution in [0.1, 0.15) is 36.9 Å². The molecule has 3 aromatic rings. The number of halogens is 2. The molecule has 0 saturated carbocycles. The number of hydrogen-bond donors (Lipinski definition) is 1. The van der Waals surface area contributed by atoms with Gasteiger partial charge in [-0.15, -0.1) is 11.6 Å². The average Bonchev–Trinajstić information content (AvgIpc) is 2.91. The van der Waals surface area contributed by atoms with Gasteiger partial charge in [-0.2, -0.15) is 0 Å².